The van der Waals surface area contributed by atoms with E-state index in [1.807, 2.05) is 0 Å². The van der Waals surface area contributed by atoms with E-state index in [1.165, 1.54) is 10.8 Å². The van der Waals surface area contributed by atoms with Crippen molar-refractivity contribution in [3.63, 3.8) is 0 Å². The van der Waals surface area contributed by atoms with Gasteiger partial charge in [0.2, 0.25) is 5.43 Å². The number of hydrogen-bond donors (Lipinski definition) is 3. The van der Waals surface area contributed by atoms with E-state index in [0.717, 1.165) is 32.1 Å². The van der Waals surface area contributed by atoms with Crippen LogP contribution in [0.1, 0.15) is 16.8 Å². The van der Waals surface area contributed by atoms with E-state index < -0.39 is 23.0 Å². The number of pyridine rings is 3. The SMILES string of the molecule is CNc1cc(F)c(F)c2c1[nH]c1ncc(-c3cnc4c(c3)c(=O)c(C(=O)O)cn4C)c(N3CCC4CN(CCOC)C[C@H]43)c12. The van der Waals surface area contributed by atoms with Gasteiger partial charge in [-0.3, -0.25) is 9.69 Å². The smallest absolute Gasteiger partial charge is 0.341 e. The van der Waals surface area contributed by atoms with Gasteiger partial charge >= 0.3 is 5.97 Å². The van der Waals surface area contributed by atoms with Crippen LogP contribution in [0.3, 0.4) is 0 Å². The summed E-state index contributed by atoms with van der Waals surface area (Å²) in [5.74, 6) is -2.93. The summed E-state index contributed by atoms with van der Waals surface area (Å²) in [6.45, 7) is 3.77. The first kappa shape index (κ1) is 28.2. The van der Waals surface area contributed by atoms with Gasteiger partial charge in [0, 0.05) is 89.2 Å². The summed E-state index contributed by atoms with van der Waals surface area (Å²) in [7, 11) is 4.95. The van der Waals surface area contributed by atoms with Gasteiger partial charge in [0.15, 0.2) is 11.6 Å². The fourth-order valence-corrected chi connectivity index (χ4v) is 7.04. The fourth-order valence-electron chi connectivity index (χ4n) is 7.04. The number of aromatic amines is 1. The quantitative estimate of drug-likeness (QED) is 0.254. The highest BCUT2D eigenvalue weighted by molar-refractivity contribution is 6.18. The Bertz CT molecular complexity index is 2040. The molecule has 5 aromatic rings. The first-order chi connectivity index (χ1) is 21.2. The molecular weight excluding hydrogens is 572 g/mol. The van der Waals surface area contributed by atoms with E-state index in [-0.39, 0.29) is 22.4 Å². The van der Waals surface area contributed by atoms with E-state index >= 15 is 8.78 Å². The Morgan fingerprint density at radius 1 is 1.20 bits per heavy atom. The number of nitrogens with zero attached hydrogens (tertiary/aromatic N) is 5. The number of nitrogens with one attached hydrogen (secondary N) is 2. The molecule has 228 valence electrons. The van der Waals surface area contributed by atoms with Gasteiger partial charge < -0.3 is 29.6 Å². The second kappa shape index (κ2) is 10.5. The summed E-state index contributed by atoms with van der Waals surface area (Å²) < 4.78 is 37.6. The van der Waals surface area contributed by atoms with Crippen LogP contribution in [-0.4, -0.2) is 88.5 Å². The highest BCUT2D eigenvalue weighted by atomic mass is 19.2. The normalized spacial score (nSPS) is 18.6. The van der Waals surface area contributed by atoms with Gasteiger partial charge in [-0.1, -0.05) is 0 Å². The molecule has 7 rings (SSSR count). The molecule has 2 aliphatic rings. The molecule has 6 heterocycles. The van der Waals surface area contributed by atoms with Gasteiger partial charge in [-0.25, -0.2) is 23.5 Å². The Hall–Kier alpha value is -4.62. The summed E-state index contributed by atoms with van der Waals surface area (Å²) in [4.78, 5) is 42.0. The predicted octanol–water partition coefficient (Wildman–Crippen LogP) is 3.81. The molecule has 2 saturated heterocycles. The number of methoxy groups -OCH3 is 1. The Labute approximate surface area is 250 Å². The lowest BCUT2D eigenvalue weighted by Gasteiger charge is -2.30. The van der Waals surface area contributed by atoms with Crippen molar-refractivity contribution in [2.45, 2.75) is 12.5 Å². The summed E-state index contributed by atoms with van der Waals surface area (Å²) in [5.41, 5.74) is 2.26. The molecule has 11 nitrogen and oxygen atoms in total. The van der Waals surface area contributed by atoms with Crippen LogP contribution in [0.15, 0.2) is 35.5 Å². The number of ether oxygens (including phenoxy) is 1. The third-order valence-corrected chi connectivity index (χ3v) is 9.11. The number of H-pyrrole nitrogens is 1. The maximum Gasteiger partial charge on any atom is 0.341 e. The van der Waals surface area contributed by atoms with Gasteiger partial charge in [0.1, 0.15) is 16.9 Å². The number of aryl methyl sites for hydroxylation is 1. The second-order valence-corrected chi connectivity index (χ2v) is 11.5. The maximum atomic E-state index is 15.8. The average molecular weight is 604 g/mol. The highest BCUT2D eigenvalue weighted by Crippen LogP contribution is 2.47. The van der Waals surface area contributed by atoms with E-state index in [2.05, 4.69) is 30.1 Å². The lowest BCUT2D eigenvalue weighted by atomic mass is 9.99. The number of likely N-dealkylation sites (tertiary alicyclic amines) is 1. The van der Waals surface area contributed by atoms with Gasteiger partial charge in [0.25, 0.3) is 0 Å². The van der Waals surface area contributed by atoms with Crippen LogP contribution in [-0.2, 0) is 11.8 Å². The fraction of sp³-hybridized carbons (Fsp3) is 0.355. The molecule has 0 aliphatic carbocycles. The Balaban J connectivity index is 1.51. The van der Waals surface area contributed by atoms with E-state index in [9.17, 15) is 14.7 Å². The number of carboxylic acids is 1. The highest BCUT2D eigenvalue weighted by Gasteiger charge is 2.43. The van der Waals surface area contributed by atoms with E-state index in [0.29, 0.717) is 63.8 Å². The van der Waals surface area contributed by atoms with E-state index in [4.69, 9.17) is 4.74 Å². The van der Waals surface area contributed by atoms with Crippen molar-refractivity contribution in [1.29, 1.82) is 0 Å². The number of carboxylic acid groups (broad SMARTS) is 1. The predicted molar refractivity (Wildman–Crippen MR) is 164 cm³/mol. The van der Waals surface area contributed by atoms with Crippen LogP contribution < -0.4 is 15.6 Å². The number of aromatic nitrogens is 4. The molecular formula is C31H31F2N7O4. The minimum absolute atomic E-state index is 0.0872. The molecule has 0 saturated carbocycles. The lowest BCUT2D eigenvalue weighted by molar-refractivity contribution is 0.0695. The minimum atomic E-state index is -1.33. The number of carbonyl (C=O) groups is 1. The third-order valence-electron chi connectivity index (χ3n) is 9.11. The Morgan fingerprint density at radius 3 is 2.77 bits per heavy atom. The number of anilines is 2. The zero-order chi connectivity index (χ0) is 30.9. The van der Waals surface area contributed by atoms with Crippen molar-refractivity contribution in [2.75, 3.05) is 57.2 Å². The van der Waals surface area contributed by atoms with Gasteiger partial charge in [-0.05, 0) is 18.4 Å². The molecule has 4 aromatic heterocycles. The maximum absolute atomic E-state index is 15.8. The molecule has 0 spiro atoms. The van der Waals surface area contributed by atoms with Gasteiger partial charge in [0.05, 0.1) is 39.7 Å². The van der Waals surface area contributed by atoms with Crippen LogP contribution in [0.5, 0.6) is 0 Å². The monoisotopic (exact) mass is 603 g/mol. The number of aromatic carboxylic acids is 1. The molecule has 0 radical (unpaired) electrons. The molecule has 2 atom stereocenters. The number of fused-ring (bicyclic) bond motifs is 5. The number of rotatable bonds is 7. The zero-order valence-corrected chi connectivity index (χ0v) is 24.4. The summed E-state index contributed by atoms with van der Waals surface area (Å²) in [6.07, 6.45) is 5.42. The number of hydrogen-bond acceptors (Lipinski definition) is 8. The largest absolute Gasteiger partial charge is 0.477 e. The Morgan fingerprint density at radius 2 is 2.02 bits per heavy atom. The summed E-state index contributed by atoms with van der Waals surface area (Å²) >= 11 is 0. The minimum Gasteiger partial charge on any atom is -0.477 e. The van der Waals surface area contributed by atoms with Crippen molar-refractivity contribution in [2.24, 2.45) is 13.0 Å². The number of benzene rings is 1. The van der Waals surface area contributed by atoms with Crippen LogP contribution in [0.25, 0.3) is 44.1 Å². The zero-order valence-electron chi connectivity index (χ0n) is 24.4. The van der Waals surface area contributed by atoms with Crippen LogP contribution in [0, 0.1) is 17.6 Å². The molecule has 1 unspecified atom stereocenters. The third kappa shape index (κ3) is 4.21. The molecule has 3 N–H and O–H groups in total. The lowest BCUT2D eigenvalue weighted by Crippen LogP contribution is -2.36. The van der Waals surface area contributed by atoms with Crippen molar-refractivity contribution in [3.8, 4) is 11.1 Å². The van der Waals surface area contributed by atoms with E-state index in [1.54, 1.807) is 39.7 Å². The van der Waals surface area contributed by atoms with Gasteiger partial charge in [-0.15, -0.1) is 0 Å². The standard InChI is InChI=1S/C31H31F2N7O4/c1-34-21-9-20(32)25(33)23-24-27(40-5-4-15-12-39(6-7-44-3)14-22(15)40)18(11-35-29(24)37-26(21)23)16-8-17-28(41)19(31(42)43)13-38(2)30(17)36-10-16/h8-11,13,15,22,34H,4-7,12,14H2,1-3H3,(H,35,37)(H,42,43)/t15?,22-/m1/s1. The molecule has 2 fully saturated rings. The first-order valence-electron chi connectivity index (χ1n) is 14.4. The van der Waals surface area contributed by atoms with Crippen LogP contribution in [0.4, 0.5) is 20.2 Å². The topological polar surface area (TPSA) is 129 Å². The summed E-state index contributed by atoms with van der Waals surface area (Å²) in [5, 5.41) is 13.2. The Kier molecular flexibility index (Phi) is 6.74. The molecule has 1 aromatic carbocycles. The van der Waals surface area contributed by atoms with Crippen molar-refractivity contribution >= 4 is 50.3 Å². The van der Waals surface area contributed by atoms with Crippen molar-refractivity contribution in [3.05, 3.63) is 58.1 Å². The molecule has 13 heteroatoms. The van der Waals surface area contributed by atoms with Crippen molar-refractivity contribution in [1.82, 2.24) is 24.4 Å². The molecule has 0 amide bonds. The molecule has 44 heavy (non-hydrogen) atoms. The van der Waals surface area contributed by atoms with Crippen LogP contribution in [0.2, 0.25) is 0 Å². The first-order valence-corrected chi connectivity index (χ1v) is 14.4. The second-order valence-electron chi connectivity index (χ2n) is 11.5. The summed E-state index contributed by atoms with van der Waals surface area (Å²) in [6, 6.07) is 2.83. The van der Waals surface area contributed by atoms with Gasteiger partial charge in [-0.2, -0.15) is 0 Å². The average Bonchev–Trinajstić information content (AvgIpc) is 3.72. The van der Waals surface area contributed by atoms with Crippen molar-refractivity contribution < 1.29 is 23.4 Å². The molecule has 0 bridgehead atoms. The van der Waals surface area contributed by atoms with Crippen LogP contribution >= 0.6 is 0 Å². The number of halogens is 2. The molecule has 2 aliphatic heterocycles.